The number of rotatable bonds is 2. The van der Waals surface area contributed by atoms with Crippen molar-refractivity contribution in [1.29, 1.82) is 0 Å². The lowest BCUT2D eigenvalue weighted by Gasteiger charge is -2.29. The molecule has 1 aromatic carbocycles. The van der Waals surface area contributed by atoms with Crippen LogP contribution in [-0.4, -0.2) is 0 Å². The number of hydrogen-bond donors (Lipinski definition) is 0. The first kappa shape index (κ1) is 9.20. The zero-order valence-corrected chi connectivity index (χ0v) is 8.93. The zero-order chi connectivity index (χ0) is 9.26. The third-order valence-electron chi connectivity index (χ3n) is 2.77. The predicted molar refractivity (Wildman–Crippen MR) is 55.3 cm³/mol. The van der Waals surface area contributed by atoms with Crippen molar-refractivity contribution in [1.82, 2.24) is 0 Å². The summed E-state index contributed by atoms with van der Waals surface area (Å²) in [7, 11) is 0. The molecule has 1 atom stereocenters. The van der Waals surface area contributed by atoms with E-state index in [2.05, 4.69) is 15.9 Å². The quantitative estimate of drug-likeness (QED) is 0.727. The summed E-state index contributed by atoms with van der Waals surface area (Å²) in [5, 5.41) is 0. The van der Waals surface area contributed by atoms with Gasteiger partial charge >= 0.3 is 0 Å². The van der Waals surface area contributed by atoms with Gasteiger partial charge in [-0.2, -0.15) is 0 Å². The molecular formula is C11H12BrF. The van der Waals surface area contributed by atoms with Crippen molar-refractivity contribution in [2.75, 3.05) is 0 Å². The molecule has 70 valence electrons. The van der Waals surface area contributed by atoms with Crippen molar-refractivity contribution in [2.45, 2.75) is 25.4 Å². The van der Waals surface area contributed by atoms with Gasteiger partial charge in [0.2, 0.25) is 0 Å². The van der Waals surface area contributed by atoms with Crippen molar-refractivity contribution < 1.29 is 4.39 Å². The van der Waals surface area contributed by atoms with Gasteiger partial charge in [0.05, 0.1) is 0 Å². The highest BCUT2D eigenvalue weighted by Crippen LogP contribution is 2.42. The monoisotopic (exact) mass is 242 g/mol. The first-order valence-electron chi connectivity index (χ1n) is 4.67. The SMILES string of the molecule is FC(c1ccccc1Br)C1CCC1. The normalized spacial score (nSPS) is 19.5. The van der Waals surface area contributed by atoms with Crippen LogP contribution in [0.1, 0.15) is 31.0 Å². The van der Waals surface area contributed by atoms with Crippen LogP contribution in [0.15, 0.2) is 28.7 Å². The van der Waals surface area contributed by atoms with Gasteiger partial charge in [0.1, 0.15) is 6.17 Å². The van der Waals surface area contributed by atoms with Crippen LogP contribution >= 0.6 is 15.9 Å². The Balaban J connectivity index is 2.18. The van der Waals surface area contributed by atoms with Gasteiger partial charge in [0.15, 0.2) is 0 Å². The molecule has 13 heavy (non-hydrogen) atoms. The molecule has 2 heteroatoms. The molecule has 0 aliphatic heterocycles. The minimum absolute atomic E-state index is 0.263. The fourth-order valence-electron chi connectivity index (χ4n) is 1.69. The Labute approximate surface area is 86.3 Å². The summed E-state index contributed by atoms with van der Waals surface area (Å²) in [4.78, 5) is 0. The first-order chi connectivity index (χ1) is 6.29. The molecule has 1 aliphatic carbocycles. The number of halogens is 2. The van der Waals surface area contributed by atoms with Crippen LogP contribution < -0.4 is 0 Å². The smallest absolute Gasteiger partial charge is 0.129 e. The Hall–Kier alpha value is -0.370. The van der Waals surface area contributed by atoms with Gasteiger partial charge in [-0.05, 0) is 24.8 Å². The first-order valence-corrected chi connectivity index (χ1v) is 5.47. The molecule has 0 radical (unpaired) electrons. The lowest BCUT2D eigenvalue weighted by atomic mass is 9.79. The number of alkyl halides is 1. The number of benzene rings is 1. The summed E-state index contributed by atoms with van der Waals surface area (Å²) in [6, 6.07) is 7.58. The fraction of sp³-hybridized carbons (Fsp3) is 0.455. The molecule has 0 heterocycles. The van der Waals surface area contributed by atoms with Gasteiger partial charge in [-0.3, -0.25) is 0 Å². The van der Waals surface area contributed by atoms with Gasteiger partial charge < -0.3 is 0 Å². The topological polar surface area (TPSA) is 0 Å². The maximum absolute atomic E-state index is 13.8. The maximum atomic E-state index is 13.8. The third-order valence-corrected chi connectivity index (χ3v) is 3.49. The van der Waals surface area contributed by atoms with Crippen LogP contribution in [0.4, 0.5) is 4.39 Å². The Bertz CT molecular complexity index is 294. The molecule has 0 aromatic heterocycles. The van der Waals surface area contributed by atoms with Crippen molar-refractivity contribution in [3.63, 3.8) is 0 Å². The molecular weight excluding hydrogens is 231 g/mol. The highest BCUT2D eigenvalue weighted by Gasteiger charge is 2.29. The molecule has 0 amide bonds. The standard InChI is InChI=1S/C11H12BrF/c12-10-7-2-1-6-9(10)11(13)8-4-3-5-8/h1-2,6-8,11H,3-5H2. The average Bonchev–Trinajstić information content (AvgIpc) is 2.01. The summed E-state index contributed by atoms with van der Waals surface area (Å²) in [6.45, 7) is 0. The van der Waals surface area contributed by atoms with Crippen LogP contribution in [0.2, 0.25) is 0 Å². The van der Waals surface area contributed by atoms with E-state index in [1.54, 1.807) is 0 Å². The largest absolute Gasteiger partial charge is 0.242 e. The van der Waals surface area contributed by atoms with E-state index in [1.807, 2.05) is 24.3 Å². The zero-order valence-electron chi connectivity index (χ0n) is 7.34. The summed E-state index contributed by atoms with van der Waals surface area (Å²) < 4.78 is 14.7. The van der Waals surface area contributed by atoms with Gasteiger partial charge in [0.25, 0.3) is 0 Å². The molecule has 1 saturated carbocycles. The minimum Gasteiger partial charge on any atom is -0.242 e. The third kappa shape index (κ3) is 1.78. The van der Waals surface area contributed by atoms with Crippen LogP contribution in [0.3, 0.4) is 0 Å². The van der Waals surface area contributed by atoms with Crippen molar-refractivity contribution in [2.24, 2.45) is 5.92 Å². The molecule has 0 N–H and O–H groups in total. The van der Waals surface area contributed by atoms with E-state index >= 15 is 0 Å². The molecule has 0 saturated heterocycles. The van der Waals surface area contributed by atoms with Crippen molar-refractivity contribution in [3.05, 3.63) is 34.3 Å². The van der Waals surface area contributed by atoms with Gasteiger partial charge in [-0.25, -0.2) is 4.39 Å². The van der Waals surface area contributed by atoms with E-state index in [9.17, 15) is 4.39 Å². The maximum Gasteiger partial charge on any atom is 0.129 e. The molecule has 0 nitrogen and oxygen atoms in total. The Kier molecular flexibility index (Phi) is 2.68. The van der Waals surface area contributed by atoms with Crippen molar-refractivity contribution in [3.8, 4) is 0 Å². The molecule has 0 spiro atoms. The lowest BCUT2D eigenvalue weighted by molar-refractivity contribution is 0.149. The van der Waals surface area contributed by atoms with E-state index < -0.39 is 6.17 Å². The second-order valence-electron chi connectivity index (χ2n) is 3.61. The molecule has 1 unspecified atom stereocenters. The van der Waals surface area contributed by atoms with Crippen molar-refractivity contribution >= 4 is 15.9 Å². The summed E-state index contributed by atoms with van der Waals surface area (Å²) >= 11 is 3.38. The summed E-state index contributed by atoms with van der Waals surface area (Å²) in [5.41, 5.74) is 0.812. The predicted octanol–water partition coefficient (Wildman–Crippen LogP) is 4.26. The molecule has 0 bridgehead atoms. The van der Waals surface area contributed by atoms with Gasteiger partial charge in [-0.1, -0.05) is 40.5 Å². The van der Waals surface area contributed by atoms with Gasteiger partial charge in [-0.15, -0.1) is 0 Å². The highest BCUT2D eigenvalue weighted by molar-refractivity contribution is 9.10. The van der Waals surface area contributed by atoms with E-state index in [-0.39, 0.29) is 5.92 Å². The molecule has 1 aromatic rings. The second kappa shape index (κ2) is 3.79. The summed E-state index contributed by atoms with van der Waals surface area (Å²) in [6.07, 6.45) is 2.50. The van der Waals surface area contributed by atoms with Crippen LogP contribution in [0.25, 0.3) is 0 Å². The van der Waals surface area contributed by atoms with Gasteiger partial charge in [0, 0.05) is 10.0 Å². The van der Waals surface area contributed by atoms with Crippen LogP contribution in [0.5, 0.6) is 0 Å². The highest BCUT2D eigenvalue weighted by atomic mass is 79.9. The Morgan fingerprint density at radius 2 is 2.00 bits per heavy atom. The molecule has 2 rings (SSSR count). The van der Waals surface area contributed by atoms with E-state index in [0.717, 1.165) is 22.9 Å². The fourth-order valence-corrected chi connectivity index (χ4v) is 2.19. The minimum atomic E-state index is -0.774. The molecule has 1 aliphatic rings. The van der Waals surface area contributed by atoms with E-state index in [0.29, 0.717) is 0 Å². The van der Waals surface area contributed by atoms with E-state index in [4.69, 9.17) is 0 Å². The number of hydrogen-bond acceptors (Lipinski definition) is 0. The second-order valence-corrected chi connectivity index (χ2v) is 4.47. The molecule has 1 fully saturated rings. The lowest BCUT2D eigenvalue weighted by Crippen LogP contribution is -2.17. The van der Waals surface area contributed by atoms with Crippen LogP contribution in [-0.2, 0) is 0 Å². The summed E-state index contributed by atoms with van der Waals surface area (Å²) in [5.74, 6) is 0.263. The van der Waals surface area contributed by atoms with E-state index in [1.165, 1.54) is 6.42 Å². The Morgan fingerprint density at radius 3 is 2.54 bits per heavy atom. The average molecular weight is 243 g/mol. The Morgan fingerprint density at radius 1 is 1.31 bits per heavy atom. The van der Waals surface area contributed by atoms with Crippen LogP contribution in [0, 0.1) is 5.92 Å².